The average molecular weight is 338 g/mol. The Balaban J connectivity index is 1.51. The van der Waals surface area contributed by atoms with Crippen LogP contribution in [-0.4, -0.2) is 57.1 Å². The highest BCUT2D eigenvalue weighted by Gasteiger charge is 2.18. The number of amides is 1. The van der Waals surface area contributed by atoms with Gasteiger partial charge in [-0.25, -0.2) is 0 Å². The fourth-order valence-electron chi connectivity index (χ4n) is 3.30. The van der Waals surface area contributed by atoms with Gasteiger partial charge in [-0.2, -0.15) is 0 Å². The smallest absolute Gasteiger partial charge is 0.250 e. The highest BCUT2D eigenvalue weighted by Crippen LogP contribution is 2.19. The number of nitrogens with zero attached hydrogens (tertiary/aromatic N) is 3. The van der Waals surface area contributed by atoms with Crippen LogP contribution in [0.15, 0.2) is 54.6 Å². The lowest BCUT2D eigenvalue weighted by atomic mass is 10.1. The van der Waals surface area contributed by atoms with Crippen LogP contribution in [0.3, 0.4) is 0 Å². The van der Waals surface area contributed by atoms with Gasteiger partial charge in [0.05, 0.1) is 5.56 Å². The third kappa shape index (κ3) is 4.31. The van der Waals surface area contributed by atoms with E-state index in [0.29, 0.717) is 5.56 Å². The van der Waals surface area contributed by atoms with Crippen molar-refractivity contribution in [3.8, 4) is 0 Å². The lowest BCUT2D eigenvalue weighted by Gasteiger charge is -2.37. The van der Waals surface area contributed by atoms with E-state index in [1.807, 2.05) is 25.2 Å². The SMILES string of the molecule is CN(CCN1CCN(c2ccccc2)CC1)c1ccccc1C(N)=O. The van der Waals surface area contributed by atoms with E-state index in [4.69, 9.17) is 5.73 Å². The zero-order valence-electron chi connectivity index (χ0n) is 14.8. The molecule has 1 aliphatic rings. The van der Waals surface area contributed by atoms with Crippen LogP contribution in [0.25, 0.3) is 0 Å². The number of hydrogen-bond donors (Lipinski definition) is 1. The number of para-hydroxylation sites is 2. The summed E-state index contributed by atoms with van der Waals surface area (Å²) in [6.07, 6.45) is 0. The van der Waals surface area contributed by atoms with Gasteiger partial charge in [-0.1, -0.05) is 30.3 Å². The molecule has 5 nitrogen and oxygen atoms in total. The van der Waals surface area contributed by atoms with Crippen LogP contribution in [-0.2, 0) is 0 Å². The number of carbonyl (C=O) groups excluding carboxylic acids is 1. The minimum Gasteiger partial charge on any atom is -0.373 e. The Morgan fingerprint density at radius 2 is 1.64 bits per heavy atom. The molecule has 0 atom stereocenters. The first kappa shape index (κ1) is 17.3. The maximum Gasteiger partial charge on any atom is 0.250 e. The van der Waals surface area contributed by atoms with Gasteiger partial charge >= 0.3 is 0 Å². The highest BCUT2D eigenvalue weighted by molar-refractivity contribution is 5.98. The number of primary amides is 1. The van der Waals surface area contributed by atoms with Gasteiger partial charge in [0, 0.05) is 57.7 Å². The molecular weight excluding hydrogens is 312 g/mol. The molecule has 1 amide bonds. The monoisotopic (exact) mass is 338 g/mol. The Morgan fingerprint density at radius 3 is 2.32 bits per heavy atom. The maximum atomic E-state index is 11.6. The number of rotatable bonds is 6. The number of likely N-dealkylation sites (N-methyl/N-ethyl adjacent to an activating group) is 1. The first-order valence-corrected chi connectivity index (χ1v) is 8.77. The van der Waals surface area contributed by atoms with Gasteiger partial charge in [0.2, 0.25) is 0 Å². The molecule has 0 unspecified atom stereocenters. The maximum absolute atomic E-state index is 11.6. The minimum atomic E-state index is -0.376. The van der Waals surface area contributed by atoms with E-state index in [9.17, 15) is 4.79 Å². The lowest BCUT2D eigenvalue weighted by molar-refractivity contribution is 0.100. The average Bonchev–Trinajstić information content (AvgIpc) is 2.67. The molecule has 0 spiro atoms. The van der Waals surface area contributed by atoms with E-state index in [-0.39, 0.29) is 5.91 Å². The van der Waals surface area contributed by atoms with Gasteiger partial charge in [-0.15, -0.1) is 0 Å². The van der Waals surface area contributed by atoms with Gasteiger partial charge in [-0.3, -0.25) is 9.69 Å². The van der Waals surface area contributed by atoms with Crippen molar-refractivity contribution in [1.29, 1.82) is 0 Å². The summed E-state index contributed by atoms with van der Waals surface area (Å²) in [5.41, 5.74) is 8.26. The third-order valence-corrected chi connectivity index (χ3v) is 4.83. The second-order valence-corrected chi connectivity index (χ2v) is 6.47. The Kier molecular flexibility index (Phi) is 5.56. The summed E-state index contributed by atoms with van der Waals surface area (Å²) < 4.78 is 0. The topological polar surface area (TPSA) is 52.8 Å². The fraction of sp³-hybridized carbons (Fsp3) is 0.350. The standard InChI is InChI=1S/C20H26N4O/c1-22(19-10-6-5-9-18(19)20(21)25)11-12-23-13-15-24(16-14-23)17-7-3-2-4-8-17/h2-10H,11-16H2,1H3,(H2,21,25). The van der Waals surface area contributed by atoms with E-state index in [1.165, 1.54) is 5.69 Å². The first-order valence-electron chi connectivity index (χ1n) is 8.77. The minimum absolute atomic E-state index is 0.376. The van der Waals surface area contributed by atoms with Crippen molar-refractivity contribution in [2.45, 2.75) is 0 Å². The van der Waals surface area contributed by atoms with Crippen molar-refractivity contribution >= 4 is 17.3 Å². The second-order valence-electron chi connectivity index (χ2n) is 6.47. The molecule has 1 fully saturated rings. The summed E-state index contributed by atoms with van der Waals surface area (Å²) in [5, 5.41) is 0. The summed E-state index contributed by atoms with van der Waals surface area (Å²) in [6, 6.07) is 18.1. The number of piperazine rings is 1. The molecule has 0 saturated carbocycles. The largest absolute Gasteiger partial charge is 0.373 e. The Bertz CT molecular complexity index is 696. The zero-order valence-corrected chi connectivity index (χ0v) is 14.8. The lowest BCUT2D eigenvalue weighted by Crippen LogP contribution is -2.48. The Labute approximate surface area is 149 Å². The van der Waals surface area contributed by atoms with Crippen LogP contribution in [0.1, 0.15) is 10.4 Å². The van der Waals surface area contributed by atoms with Crippen molar-refractivity contribution < 1.29 is 4.79 Å². The van der Waals surface area contributed by atoms with Crippen LogP contribution >= 0.6 is 0 Å². The van der Waals surface area contributed by atoms with E-state index in [1.54, 1.807) is 6.07 Å². The van der Waals surface area contributed by atoms with Crippen LogP contribution < -0.4 is 15.5 Å². The number of nitrogens with two attached hydrogens (primary N) is 1. The van der Waals surface area contributed by atoms with Crippen LogP contribution in [0.5, 0.6) is 0 Å². The normalized spacial score (nSPS) is 15.2. The first-order chi connectivity index (χ1) is 12.1. The molecule has 0 radical (unpaired) electrons. The predicted molar refractivity (Wildman–Crippen MR) is 103 cm³/mol. The number of benzene rings is 2. The summed E-state index contributed by atoms with van der Waals surface area (Å²) in [6.45, 7) is 6.06. The molecule has 2 aromatic rings. The molecule has 0 bridgehead atoms. The number of hydrogen-bond acceptors (Lipinski definition) is 4. The molecule has 1 saturated heterocycles. The Hall–Kier alpha value is -2.53. The quantitative estimate of drug-likeness (QED) is 0.876. The van der Waals surface area contributed by atoms with Crippen molar-refractivity contribution in [2.75, 3.05) is 56.1 Å². The molecule has 1 heterocycles. The summed E-state index contributed by atoms with van der Waals surface area (Å²) in [7, 11) is 2.02. The van der Waals surface area contributed by atoms with E-state index < -0.39 is 0 Å². The van der Waals surface area contributed by atoms with E-state index >= 15 is 0 Å². The summed E-state index contributed by atoms with van der Waals surface area (Å²) in [4.78, 5) is 18.6. The second kappa shape index (κ2) is 8.03. The van der Waals surface area contributed by atoms with Crippen LogP contribution in [0, 0.1) is 0 Å². The molecule has 5 heteroatoms. The molecule has 132 valence electrons. The van der Waals surface area contributed by atoms with Crippen LogP contribution in [0.2, 0.25) is 0 Å². The van der Waals surface area contributed by atoms with Gasteiger partial charge in [0.1, 0.15) is 0 Å². The molecule has 2 N–H and O–H groups in total. The van der Waals surface area contributed by atoms with Crippen LogP contribution in [0.4, 0.5) is 11.4 Å². The highest BCUT2D eigenvalue weighted by atomic mass is 16.1. The van der Waals surface area contributed by atoms with E-state index in [0.717, 1.165) is 45.0 Å². The van der Waals surface area contributed by atoms with Crippen molar-refractivity contribution in [2.24, 2.45) is 5.73 Å². The van der Waals surface area contributed by atoms with Gasteiger partial charge in [0.15, 0.2) is 0 Å². The summed E-state index contributed by atoms with van der Waals surface area (Å²) >= 11 is 0. The molecule has 25 heavy (non-hydrogen) atoms. The predicted octanol–water partition coefficient (Wildman–Crippen LogP) is 2.04. The molecule has 3 rings (SSSR count). The van der Waals surface area contributed by atoms with Crippen molar-refractivity contribution in [3.63, 3.8) is 0 Å². The third-order valence-electron chi connectivity index (χ3n) is 4.83. The van der Waals surface area contributed by atoms with Crippen molar-refractivity contribution in [3.05, 3.63) is 60.2 Å². The van der Waals surface area contributed by atoms with Gasteiger partial charge in [0.25, 0.3) is 5.91 Å². The molecule has 0 aliphatic carbocycles. The van der Waals surface area contributed by atoms with E-state index in [2.05, 4.69) is 45.0 Å². The molecular formula is C20H26N4O. The fourth-order valence-corrected chi connectivity index (χ4v) is 3.30. The van der Waals surface area contributed by atoms with Gasteiger partial charge < -0.3 is 15.5 Å². The summed E-state index contributed by atoms with van der Waals surface area (Å²) in [5.74, 6) is -0.376. The van der Waals surface area contributed by atoms with Crippen molar-refractivity contribution in [1.82, 2.24) is 4.90 Å². The Morgan fingerprint density at radius 1 is 1.00 bits per heavy atom. The molecule has 2 aromatic carbocycles. The number of carbonyl (C=O) groups is 1. The number of anilines is 2. The molecule has 1 aliphatic heterocycles. The zero-order chi connectivity index (χ0) is 17.6. The van der Waals surface area contributed by atoms with Gasteiger partial charge in [-0.05, 0) is 24.3 Å². The molecule has 0 aromatic heterocycles.